The van der Waals surface area contributed by atoms with Crippen LogP contribution in [0.2, 0.25) is 0 Å². The van der Waals surface area contributed by atoms with E-state index in [9.17, 15) is 4.79 Å². The van der Waals surface area contributed by atoms with Gasteiger partial charge in [0.1, 0.15) is 6.61 Å². The number of rotatable bonds is 1. The highest BCUT2D eigenvalue weighted by Crippen LogP contribution is 2.56. The minimum Gasteiger partial charge on any atom is -0.461 e. The van der Waals surface area contributed by atoms with Crippen LogP contribution in [-0.2, 0) is 14.3 Å². The van der Waals surface area contributed by atoms with Gasteiger partial charge < -0.3 is 14.8 Å². The summed E-state index contributed by atoms with van der Waals surface area (Å²) in [5.41, 5.74) is 1.67. The van der Waals surface area contributed by atoms with Crippen molar-refractivity contribution in [3.8, 4) is 0 Å². The molecule has 132 valence electrons. The summed E-state index contributed by atoms with van der Waals surface area (Å²) in [5.74, 6) is -0.162. The van der Waals surface area contributed by atoms with Crippen molar-refractivity contribution in [3.05, 3.63) is 23.3 Å². The molecule has 2 unspecified atom stereocenters. The maximum Gasteiger partial charge on any atom is 0.334 e. The SMILES string of the molecule is CC1(C)C(C2CN3CCNC[C@@H]3CCO2)=CC=C2C(=O)OCC21C. The van der Waals surface area contributed by atoms with Gasteiger partial charge in [0.15, 0.2) is 0 Å². The Morgan fingerprint density at radius 2 is 2.12 bits per heavy atom. The first kappa shape index (κ1) is 16.3. The van der Waals surface area contributed by atoms with Crippen LogP contribution in [-0.4, -0.2) is 62.4 Å². The average Bonchev–Trinajstić information content (AvgIpc) is 2.74. The summed E-state index contributed by atoms with van der Waals surface area (Å²) in [6, 6.07) is 0.578. The predicted molar refractivity (Wildman–Crippen MR) is 91.6 cm³/mol. The topological polar surface area (TPSA) is 50.8 Å². The van der Waals surface area contributed by atoms with Crippen LogP contribution in [0.25, 0.3) is 0 Å². The van der Waals surface area contributed by atoms with E-state index in [0.29, 0.717) is 12.6 Å². The Labute approximate surface area is 144 Å². The first-order valence-corrected chi connectivity index (χ1v) is 9.10. The minimum atomic E-state index is -0.271. The van der Waals surface area contributed by atoms with Crippen LogP contribution in [0.1, 0.15) is 27.2 Å². The van der Waals surface area contributed by atoms with E-state index in [0.717, 1.165) is 44.8 Å². The first-order chi connectivity index (χ1) is 11.4. The van der Waals surface area contributed by atoms with Gasteiger partial charge in [0.05, 0.1) is 6.10 Å². The Bertz CT molecular complexity index is 610. The van der Waals surface area contributed by atoms with E-state index in [1.54, 1.807) is 0 Å². The molecule has 4 rings (SSSR count). The molecule has 3 fully saturated rings. The van der Waals surface area contributed by atoms with Crippen LogP contribution >= 0.6 is 0 Å². The molecule has 3 heterocycles. The number of hydrogen-bond donors (Lipinski definition) is 1. The number of carbonyl (C=O) groups excluding carboxylic acids is 1. The van der Waals surface area contributed by atoms with Gasteiger partial charge in [-0.1, -0.05) is 32.9 Å². The fourth-order valence-corrected chi connectivity index (χ4v) is 4.70. The quantitative estimate of drug-likeness (QED) is 0.738. The van der Waals surface area contributed by atoms with Gasteiger partial charge in [0.25, 0.3) is 0 Å². The summed E-state index contributed by atoms with van der Waals surface area (Å²) in [6.07, 6.45) is 5.27. The Hall–Kier alpha value is -1.17. The molecule has 3 aliphatic heterocycles. The lowest BCUT2D eigenvalue weighted by molar-refractivity contribution is -0.135. The van der Waals surface area contributed by atoms with E-state index in [2.05, 4.69) is 37.1 Å². The number of fused-ring (bicyclic) bond motifs is 2. The van der Waals surface area contributed by atoms with Crippen LogP contribution in [0.5, 0.6) is 0 Å². The number of carbonyl (C=O) groups is 1. The van der Waals surface area contributed by atoms with Crippen LogP contribution < -0.4 is 5.32 Å². The normalized spacial score (nSPS) is 39.2. The Morgan fingerprint density at radius 3 is 2.96 bits per heavy atom. The van der Waals surface area contributed by atoms with E-state index < -0.39 is 0 Å². The molecule has 3 atom stereocenters. The van der Waals surface area contributed by atoms with Crippen LogP contribution in [0.3, 0.4) is 0 Å². The van der Waals surface area contributed by atoms with E-state index in [-0.39, 0.29) is 22.9 Å². The van der Waals surface area contributed by atoms with E-state index in [1.165, 1.54) is 5.57 Å². The van der Waals surface area contributed by atoms with E-state index >= 15 is 0 Å². The lowest BCUT2D eigenvalue weighted by atomic mass is 9.57. The molecule has 0 aromatic carbocycles. The molecule has 5 nitrogen and oxygen atoms in total. The molecule has 0 bridgehead atoms. The van der Waals surface area contributed by atoms with Gasteiger partial charge in [-0.15, -0.1) is 0 Å². The fraction of sp³-hybridized carbons (Fsp3) is 0.737. The van der Waals surface area contributed by atoms with E-state index in [4.69, 9.17) is 9.47 Å². The summed E-state index contributed by atoms with van der Waals surface area (Å²) in [5, 5.41) is 3.49. The summed E-state index contributed by atoms with van der Waals surface area (Å²) in [7, 11) is 0. The second-order valence-corrected chi connectivity index (χ2v) is 8.24. The zero-order chi connectivity index (χ0) is 16.9. The van der Waals surface area contributed by atoms with Gasteiger partial charge in [-0.25, -0.2) is 4.79 Å². The van der Waals surface area contributed by atoms with Crippen molar-refractivity contribution >= 4 is 5.97 Å². The molecule has 0 saturated carbocycles. The van der Waals surface area contributed by atoms with Crippen LogP contribution in [0, 0.1) is 10.8 Å². The molecule has 1 N–H and O–H groups in total. The molecule has 0 aromatic rings. The lowest BCUT2D eigenvalue weighted by Crippen LogP contribution is -2.53. The number of allylic oxidation sites excluding steroid dienone is 2. The number of esters is 1. The third-order valence-corrected chi connectivity index (χ3v) is 6.83. The number of nitrogens with one attached hydrogen (secondary N) is 1. The molecule has 0 spiro atoms. The molecule has 24 heavy (non-hydrogen) atoms. The molecule has 4 aliphatic rings. The minimum absolute atomic E-state index is 0.0911. The third-order valence-electron chi connectivity index (χ3n) is 6.83. The average molecular weight is 332 g/mol. The Balaban J connectivity index is 1.64. The third kappa shape index (κ3) is 2.29. The van der Waals surface area contributed by atoms with Crippen molar-refractivity contribution in [1.82, 2.24) is 10.2 Å². The lowest BCUT2D eigenvalue weighted by Gasteiger charge is -2.47. The van der Waals surface area contributed by atoms with Gasteiger partial charge in [-0.3, -0.25) is 4.90 Å². The zero-order valence-electron chi connectivity index (χ0n) is 14.9. The van der Waals surface area contributed by atoms with Gasteiger partial charge in [0.2, 0.25) is 0 Å². The van der Waals surface area contributed by atoms with Gasteiger partial charge in [-0.05, 0) is 12.0 Å². The summed E-state index contributed by atoms with van der Waals surface area (Å²) < 4.78 is 11.7. The van der Waals surface area contributed by atoms with Crippen molar-refractivity contribution in [1.29, 1.82) is 0 Å². The van der Waals surface area contributed by atoms with Crippen molar-refractivity contribution < 1.29 is 14.3 Å². The van der Waals surface area contributed by atoms with Gasteiger partial charge in [-0.2, -0.15) is 0 Å². The highest BCUT2D eigenvalue weighted by molar-refractivity contribution is 5.93. The smallest absolute Gasteiger partial charge is 0.334 e. The Morgan fingerprint density at radius 1 is 1.29 bits per heavy atom. The zero-order valence-corrected chi connectivity index (χ0v) is 14.9. The van der Waals surface area contributed by atoms with E-state index in [1.807, 2.05) is 6.08 Å². The largest absolute Gasteiger partial charge is 0.461 e. The molecule has 0 amide bonds. The standard InChI is InChI=1S/C19H28N2O3/c1-18(2)14(4-5-15-17(22)24-12-19(15,18)3)16-11-21-8-7-20-10-13(21)6-9-23-16/h4-5,13,16,20H,6-12H2,1-3H3/t13-,16?,19?/m0/s1. The van der Waals surface area contributed by atoms with Crippen molar-refractivity contribution in [3.63, 3.8) is 0 Å². The maximum atomic E-state index is 12.1. The number of piperazine rings is 1. The number of cyclic esters (lactones) is 1. The Kier molecular flexibility index (Phi) is 3.86. The number of ether oxygens (including phenoxy) is 2. The molecule has 0 radical (unpaired) electrons. The maximum absolute atomic E-state index is 12.1. The predicted octanol–water partition coefficient (Wildman–Crippen LogP) is 1.50. The summed E-state index contributed by atoms with van der Waals surface area (Å²) in [6.45, 7) is 12.0. The van der Waals surface area contributed by atoms with Gasteiger partial charge >= 0.3 is 5.97 Å². The number of nitrogens with zero attached hydrogens (tertiary/aromatic N) is 1. The number of hydrogen-bond acceptors (Lipinski definition) is 5. The van der Waals surface area contributed by atoms with Crippen LogP contribution in [0.4, 0.5) is 0 Å². The molecule has 5 heteroatoms. The molecular formula is C19H28N2O3. The second kappa shape index (κ2) is 5.68. The summed E-state index contributed by atoms with van der Waals surface area (Å²) in [4.78, 5) is 14.6. The van der Waals surface area contributed by atoms with Crippen molar-refractivity contribution in [2.24, 2.45) is 10.8 Å². The highest BCUT2D eigenvalue weighted by atomic mass is 16.5. The molecule has 0 aromatic heterocycles. The monoisotopic (exact) mass is 332 g/mol. The molecule has 1 aliphatic carbocycles. The fourth-order valence-electron chi connectivity index (χ4n) is 4.70. The van der Waals surface area contributed by atoms with Crippen LogP contribution in [0.15, 0.2) is 23.3 Å². The van der Waals surface area contributed by atoms with Gasteiger partial charge in [0, 0.05) is 55.2 Å². The van der Waals surface area contributed by atoms with Crippen molar-refractivity contribution in [2.45, 2.75) is 39.3 Å². The highest BCUT2D eigenvalue weighted by Gasteiger charge is 2.56. The molecule has 3 saturated heterocycles. The second-order valence-electron chi connectivity index (χ2n) is 8.24. The van der Waals surface area contributed by atoms with Crippen molar-refractivity contribution in [2.75, 3.05) is 39.4 Å². The first-order valence-electron chi connectivity index (χ1n) is 9.10. The summed E-state index contributed by atoms with van der Waals surface area (Å²) >= 11 is 0. The molecular weight excluding hydrogens is 304 g/mol.